The van der Waals surface area contributed by atoms with Gasteiger partial charge in [0.05, 0.1) is 11.0 Å². The van der Waals surface area contributed by atoms with E-state index in [0.29, 0.717) is 27.1 Å². The van der Waals surface area contributed by atoms with E-state index in [2.05, 4.69) is 41.5 Å². The molecule has 0 saturated carbocycles. The number of rotatable bonds is 1. The fourth-order valence-corrected chi connectivity index (χ4v) is 4.92. The molecule has 35 heavy (non-hydrogen) atoms. The summed E-state index contributed by atoms with van der Waals surface area (Å²) >= 11 is 0. The van der Waals surface area contributed by atoms with Crippen molar-refractivity contribution in [1.29, 1.82) is 0 Å². The van der Waals surface area contributed by atoms with Gasteiger partial charge in [0.2, 0.25) is 0 Å². The zero-order chi connectivity index (χ0) is 24.4. The zero-order valence-electron chi connectivity index (χ0n) is 17.8. The van der Waals surface area contributed by atoms with Crippen LogP contribution in [0.2, 0.25) is 0 Å². The summed E-state index contributed by atoms with van der Waals surface area (Å²) in [5.41, 5.74) is 7.52. The highest BCUT2D eigenvalue weighted by Crippen LogP contribution is 2.41. The Kier molecular flexibility index (Phi) is 5.60. The Morgan fingerprint density at radius 2 is 1.00 bits per heavy atom. The zero-order valence-corrected chi connectivity index (χ0v) is 18.6. The first-order valence-electron chi connectivity index (χ1n) is 10.1. The van der Waals surface area contributed by atoms with Crippen LogP contribution in [0, 0.1) is 0 Å². The maximum Gasteiger partial charge on any atom is 0.295 e. The van der Waals surface area contributed by atoms with E-state index in [-0.39, 0.29) is 26.9 Å². The predicted octanol–water partition coefficient (Wildman–Crippen LogP) is 2.54. The van der Waals surface area contributed by atoms with Gasteiger partial charge in [-0.3, -0.25) is 4.55 Å². The van der Waals surface area contributed by atoms with Gasteiger partial charge in [-0.05, 0) is 43.4 Å². The number of fused-ring (bicyclic) bond motifs is 6. The van der Waals surface area contributed by atoms with Crippen LogP contribution >= 0.6 is 0 Å². The normalized spacial score (nSPS) is 11.3. The summed E-state index contributed by atoms with van der Waals surface area (Å²) in [6.07, 6.45) is 0. The molecule has 0 bridgehead atoms. The van der Waals surface area contributed by atoms with Gasteiger partial charge in [0.1, 0.15) is 4.90 Å². The Labute approximate surface area is 197 Å². The minimum absolute atomic E-state index is 0.122. The van der Waals surface area contributed by atoms with Crippen LogP contribution in [0.5, 0.6) is 0 Å². The highest BCUT2D eigenvalue weighted by Gasteiger charge is 2.23. The fraction of sp³-hybridized carbons (Fsp3) is 0. The van der Waals surface area contributed by atoms with Crippen molar-refractivity contribution in [2.45, 2.75) is 4.90 Å². The number of benzene rings is 4. The molecule has 1 heterocycles. The standard InChI is InChI=1S/C22H15N9O3S/c23-21-13-7-1-2-8-14(13)22(35(32,33)34)20-16-10-4-6-12-18(16)25-27-29-31-30-28-26-24-17-11-5-3-9-15(17)19(20)21/h1-12H,23H2,(H,32,33,34). The monoisotopic (exact) mass is 485 g/mol. The minimum Gasteiger partial charge on any atom is -0.398 e. The first-order chi connectivity index (χ1) is 17.0. The molecule has 5 rings (SSSR count). The second kappa shape index (κ2) is 8.89. The maximum absolute atomic E-state index is 12.9. The van der Waals surface area contributed by atoms with Crippen molar-refractivity contribution in [3.05, 3.63) is 72.8 Å². The second-order valence-electron chi connectivity index (χ2n) is 7.28. The maximum atomic E-state index is 12.9. The number of aromatic nitrogens is 8. The molecule has 0 radical (unpaired) electrons. The fourth-order valence-electron chi connectivity index (χ4n) is 3.99. The van der Waals surface area contributed by atoms with Gasteiger partial charge in [0.25, 0.3) is 10.1 Å². The van der Waals surface area contributed by atoms with Crippen molar-refractivity contribution in [2.75, 3.05) is 5.73 Å². The summed E-state index contributed by atoms with van der Waals surface area (Å²) in [4.78, 5) is -0.333. The number of nitrogens with two attached hydrogens (primary N) is 1. The van der Waals surface area contributed by atoms with Gasteiger partial charge in [0, 0.05) is 38.0 Å². The molecule has 0 atom stereocenters. The molecule has 13 heteroatoms. The number of hydrogen-bond donors (Lipinski definition) is 2. The van der Waals surface area contributed by atoms with Gasteiger partial charge in [-0.1, -0.05) is 60.7 Å². The minimum atomic E-state index is -4.77. The topological polar surface area (TPSA) is 184 Å². The van der Waals surface area contributed by atoms with Gasteiger partial charge in [-0.25, -0.2) is 0 Å². The van der Waals surface area contributed by atoms with E-state index in [4.69, 9.17) is 5.73 Å². The summed E-state index contributed by atoms with van der Waals surface area (Å²) in [6.45, 7) is 0. The first kappa shape index (κ1) is 22.1. The Morgan fingerprint density at radius 3 is 1.54 bits per heavy atom. The lowest BCUT2D eigenvalue weighted by molar-refractivity contribution is 0.485. The van der Waals surface area contributed by atoms with Crippen molar-refractivity contribution in [1.82, 2.24) is 41.5 Å². The lowest BCUT2D eigenvalue weighted by atomic mass is 9.97. The average molecular weight is 485 g/mol. The smallest absolute Gasteiger partial charge is 0.295 e. The van der Waals surface area contributed by atoms with Crippen LogP contribution in [0.25, 0.3) is 43.4 Å². The van der Waals surface area contributed by atoms with Crippen molar-refractivity contribution in [2.24, 2.45) is 0 Å². The molecule has 0 aliphatic rings. The molecule has 0 aliphatic heterocycles. The molecule has 12 nitrogen and oxygen atoms in total. The third kappa shape index (κ3) is 4.05. The molecule has 0 aliphatic carbocycles. The molecule has 172 valence electrons. The molecule has 5 aromatic rings. The largest absolute Gasteiger partial charge is 0.398 e. The summed E-state index contributed by atoms with van der Waals surface area (Å²) in [5, 5.41) is 30.8. The van der Waals surface area contributed by atoms with Gasteiger partial charge >= 0.3 is 0 Å². The van der Waals surface area contributed by atoms with Crippen molar-refractivity contribution < 1.29 is 13.0 Å². The Balaban J connectivity index is 2.31. The van der Waals surface area contributed by atoms with Gasteiger partial charge in [0.15, 0.2) is 0 Å². The van der Waals surface area contributed by atoms with E-state index in [1.54, 1.807) is 72.8 Å². The average Bonchev–Trinajstić information content (AvgIpc) is 2.85. The molecule has 0 saturated heterocycles. The highest BCUT2D eigenvalue weighted by atomic mass is 32.2. The second-order valence-corrected chi connectivity index (χ2v) is 8.64. The van der Waals surface area contributed by atoms with Crippen LogP contribution in [0.4, 0.5) is 5.69 Å². The van der Waals surface area contributed by atoms with Crippen molar-refractivity contribution >= 4 is 59.2 Å². The van der Waals surface area contributed by atoms with E-state index in [0.717, 1.165) is 0 Å². The van der Waals surface area contributed by atoms with Crippen LogP contribution in [0.15, 0.2) is 77.7 Å². The van der Waals surface area contributed by atoms with E-state index in [1.165, 1.54) is 0 Å². The Hall–Kier alpha value is -4.75. The molecule has 3 N–H and O–H groups in total. The van der Waals surface area contributed by atoms with E-state index < -0.39 is 10.1 Å². The number of nitrogens with zero attached hydrogens (tertiary/aromatic N) is 8. The summed E-state index contributed by atoms with van der Waals surface area (Å²) in [7, 11) is -4.77. The molecule has 0 spiro atoms. The Morgan fingerprint density at radius 1 is 0.571 bits per heavy atom. The van der Waals surface area contributed by atoms with Crippen molar-refractivity contribution in [3.63, 3.8) is 0 Å². The molecule has 4 aromatic carbocycles. The first-order valence-corrected chi connectivity index (χ1v) is 11.5. The van der Waals surface area contributed by atoms with Gasteiger partial charge < -0.3 is 5.73 Å². The van der Waals surface area contributed by atoms with E-state index in [1.807, 2.05) is 0 Å². The quantitative estimate of drug-likeness (QED) is 0.262. The summed E-state index contributed by atoms with van der Waals surface area (Å²) in [6, 6.07) is 20.1. The molecule has 1 aromatic heterocycles. The van der Waals surface area contributed by atoms with Crippen molar-refractivity contribution in [3.8, 4) is 0 Å². The lowest BCUT2D eigenvalue weighted by Crippen LogP contribution is -2.03. The number of hydrogen-bond acceptors (Lipinski definition) is 11. The van der Waals surface area contributed by atoms with Crippen LogP contribution < -0.4 is 5.73 Å². The molecule has 0 unspecified atom stereocenters. The molecular formula is C22H15N9O3S. The third-order valence-corrected chi connectivity index (χ3v) is 6.26. The molecule has 0 fully saturated rings. The highest BCUT2D eigenvalue weighted by molar-refractivity contribution is 7.86. The van der Waals surface area contributed by atoms with Crippen LogP contribution in [0.1, 0.15) is 0 Å². The molecular weight excluding hydrogens is 470 g/mol. The lowest BCUT2D eigenvalue weighted by Gasteiger charge is -2.14. The summed E-state index contributed by atoms with van der Waals surface area (Å²) < 4.78 is 36.2. The summed E-state index contributed by atoms with van der Waals surface area (Å²) in [5.74, 6) is 0. The molecule has 0 amide bonds. The van der Waals surface area contributed by atoms with Gasteiger partial charge in [-0.2, -0.15) is 8.42 Å². The number of anilines is 1. The predicted molar refractivity (Wildman–Crippen MR) is 128 cm³/mol. The van der Waals surface area contributed by atoms with Crippen LogP contribution in [-0.4, -0.2) is 54.4 Å². The number of nitrogen functional groups attached to an aromatic ring is 1. The van der Waals surface area contributed by atoms with E-state index >= 15 is 0 Å². The van der Waals surface area contributed by atoms with Gasteiger partial charge in [-0.15, -0.1) is 10.2 Å². The van der Waals surface area contributed by atoms with Crippen LogP contribution in [-0.2, 0) is 10.1 Å². The third-order valence-electron chi connectivity index (χ3n) is 5.32. The Bertz CT molecular complexity index is 1860. The van der Waals surface area contributed by atoms with Crippen LogP contribution in [0.3, 0.4) is 0 Å². The SMILES string of the molecule is Nc1c2ccccc2c(S(=O)(=O)O)c2c3ccccc3nnnnnnnnc3ccccc3c12. The van der Waals surface area contributed by atoms with E-state index in [9.17, 15) is 13.0 Å².